The summed E-state index contributed by atoms with van der Waals surface area (Å²) < 4.78 is 6.22. The highest BCUT2D eigenvalue weighted by Gasteiger charge is 2.34. The maximum atomic E-state index is 13.4. The summed E-state index contributed by atoms with van der Waals surface area (Å²) >= 11 is 0. The third kappa shape index (κ3) is 5.88. The highest BCUT2D eigenvalue weighted by molar-refractivity contribution is 5.97. The number of carbonyl (C=O) groups is 2. The Kier molecular flexibility index (Phi) is 8.55. The molecule has 0 aliphatic carbocycles. The normalized spacial score (nSPS) is 18.5. The molecule has 0 fully saturated rings. The Labute approximate surface area is 200 Å². The van der Waals surface area contributed by atoms with Gasteiger partial charge < -0.3 is 19.6 Å². The summed E-state index contributed by atoms with van der Waals surface area (Å²) in [6, 6.07) is 1.29. The predicted molar refractivity (Wildman–Crippen MR) is 126 cm³/mol. The second-order valence-corrected chi connectivity index (χ2v) is 8.53. The number of rotatable bonds is 6. The summed E-state index contributed by atoms with van der Waals surface area (Å²) in [6.45, 7) is 6.23. The smallest absolute Gasteiger partial charge is 0.273 e. The number of ether oxygens (including phenoxy) is 1. The molecule has 0 saturated heterocycles. The van der Waals surface area contributed by atoms with Crippen LogP contribution in [0.2, 0.25) is 0 Å². The Balaban J connectivity index is 1.93. The number of aliphatic hydroxyl groups is 1. The van der Waals surface area contributed by atoms with Crippen LogP contribution in [0.4, 0.5) is 0 Å². The van der Waals surface area contributed by atoms with E-state index >= 15 is 0 Å². The molecule has 9 heteroatoms. The fourth-order valence-corrected chi connectivity index (χ4v) is 3.64. The van der Waals surface area contributed by atoms with Crippen LogP contribution in [0.25, 0.3) is 0 Å². The lowest BCUT2D eigenvalue weighted by molar-refractivity contribution is 0.0312. The molecule has 0 saturated carbocycles. The van der Waals surface area contributed by atoms with Crippen LogP contribution < -0.4 is 4.74 Å². The molecule has 2 amide bonds. The SMILES string of the molecule is CCCC#Cc1cnc2c(c1)C(=O)N([C@H](C)CO)C[C@@H](C)[C@@H](CN(C)C(=O)c1cnccn1)O2. The second kappa shape index (κ2) is 11.6. The Bertz CT molecular complexity index is 1070. The zero-order valence-corrected chi connectivity index (χ0v) is 20.1. The molecule has 3 heterocycles. The number of hydrogen-bond acceptors (Lipinski definition) is 7. The van der Waals surface area contributed by atoms with E-state index in [1.807, 2.05) is 13.8 Å². The van der Waals surface area contributed by atoms with E-state index in [1.54, 1.807) is 31.1 Å². The van der Waals surface area contributed by atoms with Crippen molar-refractivity contribution >= 4 is 11.8 Å². The first-order valence-corrected chi connectivity index (χ1v) is 11.4. The van der Waals surface area contributed by atoms with Crippen LogP contribution in [0.5, 0.6) is 5.88 Å². The predicted octanol–water partition coefficient (Wildman–Crippen LogP) is 2.02. The summed E-state index contributed by atoms with van der Waals surface area (Å²) in [7, 11) is 1.67. The van der Waals surface area contributed by atoms with Gasteiger partial charge >= 0.3 is 0 Å². The maximum absolute atomic E-state index is 13.4. The highest BCUT2D eigenvalue weighted by Crippen LogP contribution is 2.27. The molecule has 1 aliphatic heterocycles. The van der Waals surface area contributed by atoms with Gasteiger partial charge in [0.2, 0.25) is 5.88 Å². The first kappa shape index (κ1) is 25.1. The number of likely N-dealkylation sites (N-methyl/N-ethyl adjacent to an activating group) is 1. The van der Waals surface area contributed by atoms with E-state index in [9.17, 15) is 14.7 Å². The molecule has 34 heavy (non-hydrogen) atoms. The highest BCUT2D eigenvalue weighted by atomic mass is 16.5. The van der Waals surface area contributed by atoms with Gasteiger partial charge in [-0.1, -0.05) is 25.7 Å². The zero-order chi connectivity index (χ0) is 24.7. The van der Waals surface area contributed by atoms with E-state index in [1.165, 1.54) is 23.5 Å². The Hall–Kier alpha value is -3.51. The van der Waals surface area contributed by atoms with Crippen LogP contribution in [-0.2, 0) is 0 Å². The average Bonchev–Trinajstić information content (AvgIpc) is 2.86. The second-order valence-electron chi connectivity index (χ2n) is 8.53. The molecule has 1 N–H and O–H groups in total. The van der Waals surface area contributed by atoms with Crippen molar-refractivity contribution in [2.45, 2.75) is 45.8 Å². The summed E-state index contributed by atoms with van der Waals surface area (Å²) in [6.07, 6.45) is 7.23. The van der Waals surface area contributed by atoms with Gasteiger partial charge in [0, 0.05) is 50.1 Å². The number of aliphatic hydroxyl groups excluding tert-OH is 1. The summed E-state index contributed by atoms with van der Waals surface area (Å²) in [5.74, 6) is 5.61. The van der Waals surface area contributed by atoms with Crippen molar-refractivity contribution in [3.8, 4) is 17.7 Å². The van der Waals surface area contributed by atoms with Crippen LogP contribution >= 0.6 is 0 Å². The van der Waals surface area contributed by atoms with Gasteiger partial charge in [-0.15, -0.1) is 0 Å². The fourth-order valence-electron chi connectivity index (χ4n) is 3.64. The number of unbranched alkanes of at least 4 members (excludes halogenated alkanes) is 1. The van der Waals surface area contributed by atoms with Crippen LogP contribution in [0.3, 0.4) is 0 Å². The fraction of sp³-hybridized carbons (Fsp3) is 0.480. The molecule has 1 aliphatic rings. The van der Waals surface area contributed by atoms with Gasteiger partial charge in [-0.2, -0.15) is 0 Å². The van der Waals surface area contributed by atoms with Gasteiger partial charge in [0.25, 0.3) is 11.8 Å². The van der Waals surface area contributed by atoms with Crippen molar-refractivity contribution < 1.29 is 19.4 Å². The minimum Gasteiger partial charge on any atom is -0.472 e. The van der Waals surface area contributed by atoms with Crippen LogP contribution in [0.15, 0.2) is 30.9 Å². The van der Waals surface area contributed by atoms with E-state index in [4.69, 9.17) is 4.74 Å². The zero-order valence-electron chi connectivity index (χ0n) is 20.1. The molecule has 180 valence electrons. The number of aromatic nitrogens is 3. The van der Waals surface area contributed by atoms with Crippen molar-refractivity contribution in [1.29, 1.82) is 0 Å². The topological polar surface area (TPSA) is 109 Å². The van der Waals surface area contributed by atoms with Crippen molar-refractivity contribution in [3.63, 3.8) is 0 Å². The van der Waals surface area contributed by atoms with Gasteiger partial charge in [0.15, 0.2) is 0 Å². The number of nitrogens with zero attached hydrogens (tertiary/aromatic N) is 5. The van der Waals surface area contributed by atoms with Crippen molar-refractivity contribution in [2.75, 3.05) is 26.7 Å². The van der Waals surface area contributed by atoms with E-state index in [0.29, 0.717) is 17.7 Å². The molecule has 0 spiro atoms. The van der Waals surface area contributed by atoms with E-state index in [-0.39, 0.29) is 42.5 Å². The first-order valence-electron chi connectivity index (χ1n) is 11.4. The van der Waals surface area contributed by atoms with Crippen molar-refractivity contribution in [1.82, 2.24) is 24.8 Å². The maximum Gasteiger partial charge on any atom is 0.273 e. The Morgan fingerprint density at radius 1 is 1.35 bits per heavy atom. The molecular weight excluding hydrogens is 434 g/mol. The standard InChI is InChI=1S/C25H31N5O4/c1-5-6-7-8-19-11-20-23(28-12-19)34-22(17(2)14-30(24(20)32)18(3)16-31)15-29(4)25(33)21-13-26-9-10-27-21/h9-13,17-18,22,31H,5-6,14-16H2,1-4H3/t17-,18-,22-/m1/s1. The lowest BCUT2D eigenvalue weighted by Crippen LogP contribution is -2.50. The van der Waals surface area contributed by atoms with Crippen molar-refractivity contribution in [2.24, 2.45) is 5.92 Å². The molecule has 2 aromatic rings. The minimum absolute atomic E-state index is 0.144. The van der Waals surface area contributed by atoms with Gasteiger partial charge in [-0.25, -0.2) is 9.97 Å². The van der Waals surface area contributed by atoms with Crippen molar-refractivity contribution in [3.05, 3.63) is 47.7 Å². The van der Waals surface area contributed by atoms with Gasteiger partial charge in [0.05, 0.1) is 25.4 Å². The molecular formula is C25H31N5O4. The number of fused-ring (bicyclic) bond motifs is 1. The monoisotopic (exact) mass is 465 g/mol. The summed E-state index contributed by atoms with van der Waals surface area (Å²) in [5, 5.41) is 9.78. The summed E-state index contributed by atoms with van der Waals surface area (Å²) in [4.78, 5) is 41.8. The molecule has 3 atom stereocenters. The van der Waals surface area contributed by atoms with Crippen LogP contribution in [0, 0.1) is 17.8 Å². The Morgan fingerprint density at radius 2 is 2.15 bits per heavy atom. The van der Waals surface area contributed by atoms with E-state index in [0.717, 1.165) is 12.8 Å². The van der Waals surface area contributed by atoms with Gasteiger partial charge in [-0.3, -0.25) is 14.6 Å². The third-order valence-electron chi connectivity index (χ3n) is 5.71. The lowest BCUT2D eigenvalue weighted by Gasteiger charge is -2.37. The Morgan fingerprint density at radius 3 is 2.82 bits per heavy atom. The average molecular weight is 466 g/mol. The minimum atomic E-state index is -0.449. The van der Waals surface area contributed by atoms with Gasteiger partial charge in [-0.05, 0) is 19.4 Å². The molecule has 0 unspecified atom stereocenters. The molecule has 3 rings (SSSR count). The first-order chi connectivity index (χ1) is 16.3. The quantitative estimate of drug-likeness (QED) is 0.650. The largest absolute Gasteiger partial charge is 0.472 e. The molecule has 2 aromatic heterocycles. The molecule has 0 bridgehead atoms. The third-order valence-corrected chi connectivity index (χ3v) is 5.71. The molecule has 0 radical (unpaired) electrons. The molecule has 0 aromatic carbocycles. The van der Waals surface area contributed by atoms with E-state index < -0.39 is 12.1 Å². The molecule has 9 nitrogen and oxygen atoms in total. The summed E-state index contributed by atoms with van der Waals surface area (Å²) in [5.41, 5.74) is 1.16. The van der Waals surface area contributed by atoms with Crippen LogP contribution in [-0.4, -0.2) is 80.6 Å². The number of amides is 2. The number of pyridine rings is 1. The lowest BCUT2D eigenvalue weighted by atomic mass is 9.99. The van der Waals surface area contributed by atoms with Gasteiger partial charge in [0.1, 0.15) is 17.4 Å². The number of hydrogen-bond donors (Lipinski definition) is 1. The number of carbonyl (C=O) groups excluding carboxylic acids is 2. The van der Waals surface area contributed by atoms with Crippen LogP contribution in [0.1, 0.15) is 60.0 Å². The van der Waals surface area contributed by atoms with E-state index in [2.05, 4.69) is 26.8 Å².